The van der Waals surface area contributed by atoms with E-state index >= 15 is 0 Å². The highest BCUT2D eigenvalue weighted by Gasteiger charge is 2.17. The maximum Gasteiger partial charge on any atom is 0.227 e. The number of benzene rings is 2. The first-order valence-electron chi connectivity index (χ1n) is 11.5. The van der Waals surface area contributed by atoms with Gasteiger partial charge in [0.15, 0.2) is 0 Å². The minimum absolute atomic E-state index is 0.107. The van der Waals surface area contributed by atoms with Crippen molar-refractivity contribution in [2.75, 3.05) is 44.7 Å². The normalized spacial score (nSPS) is 14.4. The molecule has 0 aromatic heterocycles. The first kappa shape index (κ1) is 24.4. The second-order valence-corrected chi connectivity index (χ2v) is 8.46. The van der Waals surface area contributed by atoms with Crippen LogP contribution in [0, 0.1) is 11.3 Å². The third-order valence-electron chi connectivity index (χ3n) is 5.90. The number of nitriles is 1. The molecule has 2 aromatic carbocycles. The van der Waals surface area contributed by atoms with Gasteiger partial charge >= 0.3 is 0 Å². The molecular weight excluding hydrogens is 414 g/mol. The van der Waals surface area contributed by atoms with Gasteiger partial charge in [0.1, 0.15) is 0 Å². The van der Waals surface area contributed by atoms with E-state index in [9.17, 15) is 9.59 Å². The van der Waals surface area contributed by atoms with E-state index in [2.05, 4.69) is 52.5 Å². The summed E-state index contributed by atoms with van der Waals surface area (Å²) in [6, 6.07) is 19.7. The van der Waals surface area contributed by atoms with Crippen molar-refractivity contribution < 1.29 is 9.59 Å². The molecule has 0 bridgehead atoms. The summed E-state index contributed by atoms with van der Waals surface area (Å²) in [4.78, 5) is 31.4. The molecule has 1 fully saturated rings. The number of likely N-dealkylation sites (N-methyl/N-ethyl adjacent to an activating group) is 1. The van der Waals surface area contributed by atoms with Crippen LogP contribution in [0.15, 0.2) is 54.6 Å². The molecule has 2 amide bonds. The molecule has 1 aliphatic rings. The first-order valence-corrected chi connectivity index (χ1v) is 11.5. The van der Waals surface area contributed by atoms with E-state index in [0.717, 1.165) is 44.0 Å². The molecule has 1 saturated heterocycles. The number of para-hydroxylation sites is 1. The number of hydrogen-bond acceptors (Lipinski definition) is 5. The van der Waals surface area contributed by atoms with Gasteiger partial charge in [0.05, 0.1) is 12.5 Å². The lowest BCUT2D eigenvalue weighted by molar-refractivity contribution is -0.125. The Morgan fingerprint density at radius 1 is 0.970 bits per heavy atom. The van der Waals surface area contributed by atoms with E-state index in [1.54, 1.807) is 4.90 Å². The minimum atomic E-state index is -0.154. The van der Waals surface area contributed by atoms with Crippen molar-refractivity contribution in [3.05, 3.63) is 65.7 Å². The van der Waals surface area contributed by atoms with Gasteiger partial charge in [-0.05, 0) is 30.3 Å². The summed E-state index contributed by atoms with van der Waals surface area (Å²) in [6.45, 7) is 6.10. The Morgan fingerprint density at radius 3 is 2.30 bits per heavy atom. The third-order valence-corrected chi connectivity index (χ3v) is 5.90. The first-order chi connectivity index (χ1) is 16.0. The van der Waals surface area contributed by atoms with Gasteiger partial charge < -0.3 is 15.1 Å². The van der Waals surface area contributed by atoms with Gasteiger partial charge in [-0.15, -0.1) is 0 Å². The van der Waals surface area contributed by atoms with Crippen LogP contribution in [0.2, 0.25) is 0 Å². The molecule has 0 atom stereocenters. The minimum Gasteiger partial charge on any atom is -0.352 e. The summed E-state index contributed by atoms with van der Waals surface area (Å²) in [7, 11) is 2.16. The quantitative estimate of drug-likeness (QED) is 0.606. The van der Waals surface area contributed by atoms with Crippen LogP contribution in [0.4, 0.5) is 5.69 Å². The lowest BCUT2D eigenvalue weighted by Crippen LogP contribution is -2.43. The van der Waals surface area contributed by atoms with Gasteiger partial charge in [0.25, 0.3) is 0 Å². The molecule has 1 heterocycles. The van der Waals surface area contributed by atoms with Crippen LogP contribution < -0.4 is 10.2 Å². The zero-order chi connectivity index (χ0) is 23.5. The van der Waals surface area contributed by atoms with Crippen molar-refractivity contribution in [3.63, 3.8) is 0 Å². The molecule has 3 rings (SSSR count). The summed E-state index contributed by atoms with van der Waals surface area (Å²) in [5.41, 5.74) is 3.06. The number of amides is 2. The summed E-state index contributed by atoms with van der Waals surface area (Å²) >= 11 is 0. The van der Waals surface area contributed by atoms with Crippen molar-refractivity contribution in [3.8, 4) is 6.07 Å². The SMILES string of the molecule is CN1CCN(Cc2ccc(CNC(=O)CCC(=O)N(CCC#N)c3ccccc3)cc2)CC1. The van der Waals surface area contributed by atoms with Crippen LogP contribution in [0.25, 0.3) is 0 Å². The fourth-order valence-electron chi connectivity index (χ4n) is 3.84. The molecule has 1 aliphatic heterocycles. The Hall–Kier alpha value is -3.21. The molecule has 1 N–H and O–H groups in total. The lowest BCUT2D eigenvalue weighted by atomic mass is 10.1. The molecule has 7 heteroatoms. The highest BCUT2D eigenvalue weighted by molar-refractivity contribution is 5.95. The van der Waals surface area contributed by atoms with Crippen LogP contribution >= 0.6 is 0 Å². The molecule has 0 radical (unpaired) electrons. The molecule has 0 spiro atoms. The number of nitrogens with zero attached hydrogens (tertiary/aromatic N) is 4. The van der Waals surface area contributed by atoms with Crippen molar-refractivity contribution in [2.45, 2.75) is 32.4 Å². The number of piperazine rings is 1. The van der Waals surface area contributed by atoms with E-state index in [4.69, 9.17) is 5.26 Å². The predicted molar refractivity (Wildman–Crippen MR) is 129 cm³/mol. The number of carbonyl (C=O) groups excluding carboxylic acids is 2. The summed E-state index contributed by atoms with van der Waals surface area (Å²) in [5.74, 6) is -0.307. The van der Waals surface area contributed by atoms with Crippen LogP contribution in [-0.4, -0.2) is 61.4 Å². The Morgan fingerprint density at radius 2 is 1.64 bits per heavy atom. The van der Waals surface area contributed by atoms with Crippen molar-refractivity contribution >= 4 is 17.5 Å². The van der Waals surface area contributed by atoms with Gasteiger partial charge in [0, 0.05) is 64.3 Å². The van der Waals surface area contributed by atoms with E-state index in [-0.39, 0.29) is 31.1 Å². The molecule has 2 aromatic rings. The van der Waals surface area contributed by atoms with Crippen LogP contribution in [0.5, 0.6) is 0 Å². The van der Waals surface area contributed by atoms with Gasteiger partial charge in [-0.1, -0.05) is 42.5 Å². The zero-order valence-corrected chi connectivity index (χ0v) is 19.4. The monoisotopic (exact) mass is 447 g/mol. The second kappa shape index (κ2) is 12.7. The molecule has 174 valence electrons. The van der Waals surface area contributed by atoms with E-state index in [1.807, 2.05) is 30.3 Å². The largest absolute Gasteiger partial charge is 0.352 e. The average Bonchev–Trinajstić information content (AvgIpc) is 2.84. The molecule has 0 saturated carbocycles. The third kappa shape index (κ3) is 8.01. The number of nitrogens with one attached hydrogen (secondary N) is 1. The number of hydrogen-bond donors (Lipinski definition) is 1. The van der Waals surface area contributed by atoms with Gasteiger partial charge in [-0.2, -0.15) is 5.26 Å². The molecule has 33 heavy (non-hydrogen) atoms. The topological polar surface area (TPSA) is 79.7 Å². The van der Waals surface area contributed by atoms with Gasteiger partial charge in [0.2, 0.25) is 11.8 Å². The Balaban J connectivity index is 1.42. The Labute approximate surface area is 196 Å². The standard InChI is InChI=1S/C26H33N5O2/c1-29-16-18-30(19-17-29)21-23-10-8-22(9-11-23)20-28-25(32)12-13-26(33)31(15-5-14-27)24-6-3-2-4-7-24/h2-4,6-11H,5,12-13,15-21H2,1H3,(H,28,32). The highest BCUT2D eigenvalue weighted by Crippen LogP contribution is 2.16. The van der Waals surface area contributed by atoms with E-state index in [1.165, 1.54) is 5.56 Å². The molecule has 7 nitrogen and oxygen atoms in total. The average molecular weight is 448 g/mol. The smallest absolute Gasteiger partial charge is 0.227 e. The Bertz CT molecular complexity index is 931. The summed E-state index contributed by atoms with van der Waals surface area (Å²) < 4.78 is 0. The number of rotatable bonds is 10. The predicted octanol–water partition coefficient (Wildman–Crippen LogP) is 2.78. The van der Waals surface area contributed by atoms with Crippen LogP contribution in [0.3, 0.4) is 0 Å². The maximum atomic E-state index is 12.7. The zero-order valence-electron chi connectivity index (χ0n) is 19.4. The molecule has 0 aliphatic carbocycles. The number of anilines is 1. The lowest BCUT2D eigenvalue weighted by Gasteiger charge is -2.32. The summed E-state index contributed by atoms with van der Waals surface area (Å²) in [6.07, 6.45) is 0.476. The van der Waals surface area contributed by atoms with Crippen molar-refractivity contribution in [1.29, 1.82) is 5.26 Å². The molecular formula is C26H33N5O2. The van der Waals surface area contributed by atoms with Crippen molar-refractivity contribution in [2.24, 2.45) is 0 Å². The number of carbonyl (C=O) groups is 2. The fourth-order valence-corrected chi connectivity index (χ4v) is 3.84. The summed E-state index contributed by atoms with van der Waals surface area (Å²) in [5, 5.41) is 11.8. The van der Waals surface area contributed by atoms with Crippen LogP contribution in [0.1, 0.15) is 30.4 Å². The Kier molecular flexibility index (Phi) is 9.43. The fraction of sp³-hybridized carbons (Fsp3) is 0.423. The van der Waals surface area contributed by atoms with E-state index in [0.29, 0.717) is 13.1 Å². The van der Waals surface area contributed by atoms with E-state index < -0.39 is 0 Å². The second-order valence-electron chi connectivity index (χ2n) is 8.46. The molecule has 0 unspecified atom stereocenters. The maximum absolute atomic E-state index is 12.7. The van der Waals surface area contributed by atoms with Gasteiger partial charge in [-0.25, -0.2) is 0 Å². The highest BCUT2D eigenvalue weighted by atomic mass is 16.2. The van der Waals surface area contributed by atoms with Gasteiger partial charge in [-0.3, -0.25) is 14.5 Å². The van der Waals surface area contributed by atoms with Crippen molar-refractivity contribution in [1.82, 2.24) is 15.1 Å². The van der Waals surface area contributed by atoms with Crippen LogP contribution in [-0.2, 0) is 22.7 Å².